The van der Waals surface area contributed by atoms with E-state index in [1.165, 1.54) is 12.1 Å². The third kappa shape index (κ3) is 4.59. The zero-order valence-electron chi connectivity index (χ0n) is 11.7. The highest BCUT2D eigenvalue weighted by Gasteiger charge is 2.31. The molecule has 0 heterocycles. The standard InChI is InChI=1S/C14H11F4NO3S/c1-9-2-7-13(12(15)8-9)19-23(20,21)11-5-3-10(4-6-11)22-14(16,17)18/h2-8,19H,1H3. The Morgan fingerprint density at radius 3 is 2.17 bits per heavy atom. The van der Waals surface area contributed by atoms with Crippen LogP contribution in [0.25, 0.3) is 0 Å². The molecule has 2 aromatic carbocycles. The van der Waals surface area contributed by atoms with Gasteiger partial charge in [0.15, 0.2) is 0 Å². The van der Waals surface area contributed by atoms with Crippen molar-refractivity contribution in [2.45, 2.75) is 18.2 Å². The molecule has 0 aliphatic heterocycles. The summed E-state index contributed by atoms with van der Waals surface area (Å²) in [6.45, 7) is 1.64. The Morgan fingerprint density at radius 1 is 1.04 bits per heavy atom. The predicted molar refractivity (Wildman–Crippen MR) is 75.1 cm³/mol. The van der Waals surface area contributed by atoms with E-state index in [1.54, 1.807) is 6.92 Å². The molecule has 0 amide bonds. The lowest BCUT2D eigenvalue weighted by Crippen LogP contribution is -2.17. The molecule has 4 nitrogen and oxygen atoms in total. The first-order valence-electron chi connectivity index (χ1n) is 6.22. The highest BCUT2D eigenvalue weighted by atomic mass is 32.2. The second-order valence-electron chi connectivity index (χ2n) is 4.61. The Balaban J connectivity index is 2.22. The predicted octanol–water partition coefficient (Wildman–Crippen LogP) is 3.83. The minimum Gasteiger partial charge on any atom is -0.406 e. The first kappa shape index (κ1) is 17.1. The Hall–Kier alpha value is -2.29. The van der Waals surface area contributed by atoms with Gasteiger partial charge in [-0.15, -0.1) is 13.2 Å². The smallest absolute Gasteiger partial charge is 0.406 e. The average Bonchev–Trinajstić information content (AvgIpc) is 2.41. The summed E-state index contributed by atoms with van der Waals surface area (Å²) < 4.78 is 79.7. The van der Waals surface area contributed by atoms with Crippen molar-refractivity contribution in [3.8, 4) is 5.75 Å². The molecule has 0 unspecified atom stereocenters. The van der Waals surface area contributed by atoms with E-state index < -0.39 is 28.0 Å². The minimum atomic E-state index is -4.87. The molecule has 9 heteroatoms. The largest absolute Gasteiger partial charge is 0.573 e. The van der Waals surface area contributed by atoms with Crippen LogP contribution >= 0.6 is 0 Å². The van der Waals surface area contributed by atoms with Crippen molar-refractivity contribution >= 4 is 15.7 Å². The Labute approximate surface area is 129 Å². The summed E-state index contributed by atoms with van der Waals surface area (Å²) in [5.41, 5.74) is 0.352. The molecule has 0 bridgehead atoms. The number of alkyl halides is 3. The van der Waals surface area contributed by atoms with Crippen molar-refractivity contribution in [1.82, 2.24) is 0 Å². The second-order valence-corrected chi connectivity index (χ2v) is 6.29. The van der Waals surface area contributed by atoms with Crippen LogP contribution in [-0.4, -0.2) is 14.8 Å². The Kier molecular flexibility index (Phi) is 4.51. The molecular weight excluding hydrogens is 338 g/mol. The van der Waals surface area contributed by atoms with Crippen LogP contribution in [0.3, 0.4) is 0 Å². The third-order valence-corrected chi connectivity index (χ3v) is 4.12. The fourth-order valence-corrected chi connectivity index (χ4v) is 2.79. The molecule has 1 N–H and O–H groups in total. The molecule has 0 aromatic heterocycles. The number of sulfonamides is 1. The van der Waals surface area contributed by atoms with Gasteiger partial charge in [-0.1, -0.05) is 6.07 Å². The second kappa shape index (κ2) is 6.07. The van der Waals surface area contributed by atoms with Gasteiger partial charge in [-0.3, -0.25) is 4.72 Å². The van der Waals surface area contributed by atoms with Gasteiger partial charge < -0.3 is 4.74 Å². The number of halogens is 4. The summed E-state index contributed by atoms with van der Waals surface area (Å²) in [5, 5.41) is 0. The minimum absolute atomic E-state index is 0.258. The van der Waals surface area contributed by atoms with Crippen LogP contribution < -0.4 is 9.46 Å². The maximum Gasteiger partial charge on any atom is 0.573 e. The van der Waals surface area contributed by atoms with Crippen molar-refractivity contribution in [3.63, 3.8) is 0 Å². The monoisotopic (exact) mass is 349 g/mol. The number of benzene rings is 2. The molecule has 0 radical (unpaired) electrons. The lowest BCUT2D eigenvalue weighted by molar-refractivity contribution is -0.274. The van der Waals surface area contributed by atoms with E-state index in [1.807, 2.05) is 4.72 Å². The topological polar surface area (TPSA) is 55.4 Å². The van der Waals surface area contributed by atoms with E-state index in [4.69, 9.17) is 0 Å². The molecule has 0 atom stereocenters. The molecular formula is C14H11F4NO3S. The van der Waals surface area contributed by atoms with Crippen LogP contribution in [0.2, 0.25) is 0 Å². The van der Waals surface area contributed by atoms with E-state index >= 15 is 0 Å². The molecule has 2 aromatic rings. The highest BCUT2D eigenvalue weighted by molar-refractivity contribution is 7.92. The maximum absolute atomic E-state index is 13.7. The zero-order valence-corrected chi connectivity index (χ0v) is 12.5. The van der Waals surface area contributed by atoms with Crippen molar-refractivity contribution in [2.75, 3.05) is 4.72 Å². The molecule has 0 spiro atoms. The number of ether oxygens (including phenoxy) is 1. The molecule has 0 saturated carbocycles. The molecule has 0 aliphatic rings. The Morgan fingerprint density at radius 2 is 1.65 bits per heavy atom. The van der Waals surface area contributed by atoms with Gasteiger partial charge in [0.2, 0.25) is 0 Å². The van der Waals surface area contributed by atoms with E-state index in [-0.39, 0.29) is 10.6 Å². The molecule has 0 saturated heterocycles. The summed E-state index contributed by atoms with van der Waals surface area (Å²) in [5.74, 6) is -1.32. The van der Waals surface area contributed by atoms with E-state index in [0.717, 1.165) is 30.3 Å². The molecule has 2 rings (SSSR count). The first-order valence-corrected chi connectivity index (χ1v) is 7.70. The van der Waals surface area contributed by atoms with E-state index in [9.17, 15) is 26.0 Å². The summed E-state index contributed by atoms with van der Waals surface area (Å²) >= 11 is 0. The van der Waals surface area contributed by atoms with Crippen molar-refractivity contribution < 1.29 is 30.7 Å². The van der Waals surface area contributed by atoms with Gasteiger partial charge >= 0.3 is 6.36 Å². The van der Waals surface area contributed by atoms with Crippen LogP contribution in [-0.2, 0) is 10.0 Å². The van der Waals surface area contributed by atoms with Crippen molar-refractivity contribution in [3.05, 3.63) is 53.8 Å². The number of aryl methyl sites for hydroxylation is 1. The van der Waals surface area contributed by atoms with Crippen molar-refractivity contribution in [1.29, 1.82) is 0 Å². The van der Waals surface area contributed by atoms with Crippen molar-refractivity contribution in [2.24, 2.45) is 0 Å². The number of anilines is 1. The summed E-state index contributed by atoms with van der Waals surface area (Å²) in [4.78, 5) is -0.327. The fourth-order valence-electron chi connectivity index (χ4n) is 1.73. The van der Waals surface area contributed by atoms with Crippen LogP contribution in [0.4, 0.5) is 23.2 Å². The fraction of sp³-hybridized carbons (Fsp3) is 0.143. The average molecular weight is 349 g/mol. The van der Waals surface area contributed by atoms with Gasteiger partial charge in [-0.25, -0.2) is 12.8 Å². The zero-order chi connectivity index (χ0) is 17.3. The number of hydrogen-bond acceptors (Lipinski definition) is 3. The van der Waals surface area contributed by atoms with Gasteiger partial charge in [-0.2, -0.15) is 0 Å². The van der Waals surface area contributed by atoms with Gasteiger partial charge in [0.25, 0.3) is 10.0 Å². The van der Waals surface area contributed by atoms with Gasteiger partial charge in [0, 0.05) is 0 Å². The Bertz CT molecular complexity index is 802. The quantitative estimate of drug-likeness (QED) is 0.854. The van der Waals surface area contributed by atoms with Crippen LogP contribution in [0.5, 0.6) is 5.75 Å². The molecule has 124 valence electrons. The molecule has 23 heavy (non-hydrogen) atoms. The lowest BCUT2D eigenvalue weighted by Gasteiger charge is -2.11. The van der Waals surface area contributed by atoms with Crippen LogP contribution in [0.1, 0.15) is 5.56 Å². The summed E-state index contributed by atoms with van der Waals surface area (Å²) in [7, 11) is -4.14. The van der Waals surface area contributed by atoms with Gasteiger partial charge in [0.1, 0.15) is 11.6 Å². The highest BCUT2D eigenvalue weighted by Crippen LogP contribution is 2.25. The van der Waals surface area contributed by atoms with Crippen LogP contribution in [0, 0.1) is 12.7 Å². The maximum atomic E-state index is 13.7. The van der Waals surface area contributed by atoms with Crippen LogP contribution in [0.15, 0.2) is 47.4 Å². The summed E-state index contributed by atoms with van der Waals surface area (Å²) in [6, 6.07) is 7.48. The number of nitrogens with one attached hydrogen (secondary N) is 1. The van der Waals surface area contributed by atoms with E-state index in [2.05, 4.69) is 4.74 Å². The van der Waals surface area contributed by atoms with Gasteiger partial charge in [-0.05, 0) is 48.9 Å². The van der Waals surface area contributed by atoms with E-state index in [0.29, 0.717) is 5.56 Å². The summed E-state index contributed by atoms with van der Waals surface area (Å²) in [6.07, 6.45) is -4.87. The normalized spacial score (nSPS) is 12.0. The number of hydrogen-bond donors (Lipinski definition) is 1. The molecule has 0 fully saturated rings. The number of rotatable bonds is 4. The lowest BCUT2D eigenvalue weighted by atomic mass is 10.2. The first-order chi connectivity index (χ1) is 10.6. The third-order valence-electron chi connectivity index (χ3n) is 2.74. The molecule has 0 aliphatic carbocycles. The SMILES string of the molecule is Cc1ccc(NS(=O)(=O)c2ccc(OC(F)(F)F)cc2)c(F)c1. The van der Waals surface area contributed by atoms with Gasteiger partial charge in [0.05, 0.1) is 10.6 Å².